The first-order valence-electron chi connectivity index (χ1n) is 7.74. The van der Waals surface area contributed by atoms with Crippen LogP contribution in [0.25, 0.3) is 0 Å². The van der Waals surface area contributed by atoms with E-state index in [4.69, 9.17) is 0 Å². The standard InChI is InChI=1S/C15H24N2O5S2/c1-12-10-16(11-13(2)18)7-8-17(12)24(21,22)15-6-4-5-14(9-15)23(3,19)20/h4-6,9,12-13,18H,7-8,10-11H2,1-3H3/t12-,13-/m1/s1. The van der Waals surface area contributed by atoms with Crippen LogP contribution in [0, 0.1) is 0 Å². The van der Waals surface area contributed by atoms with Crippen LogP contribution >= 0.6 is 0 Å². The molecule has 136 valence electrons. The van der Waals surface area contributed by atoms with Gasteiger partial charge in [0.2, 0.25) is 10.0 Å². The van der Waals surface area contributed by atoms with E-state index in [0.29, 0.717) is 26.2 Å². The van der Waals surface area contributed by atoms with Crippen molar-refractivity contribution in [2.75, 3.05) is 32.4 Å². The van der Waals surface area contributed by atoms with Gasteiger partial charge in [-0.2, -0.15) is 4.31 Å². The zero-order chi connectivity index (χ0) is 18.1. The molecule has 0 aliphatic carbocycles. The van der Waals surface area contributed by atoms with Crippen LogP contribution in [-0.4, -0.2) is 75.7 Å². The summed E-state index contributed by atoms with van der Waals surface area (Å²) < 4.78 is 50.5. The third kappa shape index (κ3) is 4.34. The van der Waals surface area contributed by atoms with Gasteiger partial charge in [-0.15, -0.1) is 0 Å². The molecule has 0 radical (unpaired) electrons. The molecule has 0 bridgehead atoms. The Hall–Kier alpha value is -1.00. The van der Waals surface area contributed by atoms with Gasteiger partial charge in [-0.1, -0.05) is 6.07 Å². The zero-order valence-electron chi connectivity index (χ0n) is 14.1. The summed E-state index contributed by atoms with van der Waals surface area (Å²) in [7, 11) is -7.24. The topological polar surface area (TPSA) is 95.0 Å². The highest BCUT2D eigenvalue weighted by Crippen LogP contribution is 2.23. The Kier molecular flexibility index (Phi) is 5.71. The lowest BCUT2D eigenvalue weighted by atomic mass is 10.2. The van der Waals surface area contributed by atoms with Crippen LogP contribution in [0.3, 0.4) is 0 Å². The van der Waals surface area contributed by atoms with E-state index < -0.39 is 26.0 Å². The fraction of sp³-hybridized carbons (Fsp3) is 0.600. The van der Waals surface area contributed by atoms with Crippen molar-refractivity contribution in [3.63, 3.8) is 0 Å². The van der Waals surface area contributed by atoms with Crippen molar-refractivity contribution in [3.05, 3.63) is 24.3 Å². The summed E-state index contributed by atoms with van der Waals surface area (Å²) in [6, 6.07) is 5.19. The molecule has 1 aliphatic rings. The molecular weight excluding hydrogens is 352 g/mol. The summed E-state index contributed by atoms with van der Waals surface area (Å²) in [5.41, 5.74) is 0. The summed E-state index contributed by atoms with van der Waals surface area (Å²) in [6.07, 6.45) is 0.586. The van der Waals surface area contributed by atoms with Crippen LogP contribution in [0.2, 0.25) is 0 Å². The first-order valence-corrected chi connectivity index (χ1v) is 11.1. The zero-order valence-corrected chi connectivity index (χ0v) is 15.7. The quantitative estimate of drug-likeness (QED) is 0.787. The first kappa shape index (κ1) is 19.3. The Morgan fingerprint density at radius 3 is 2.38 bits per heavy atom. The fourth-order valence-corrected chi connectivity index (χ4v) is 5.31. The van der Waals surface area contributed by atoms with E-state index >= 15 is 0 Å². The third-order valence-electron chi connectivity index (χ3n) is 4.01. The minimum atomic E-state index is -3.77. The summed E-state index contributed by atoms with van der Waals surface area (Å²) in [6.45, 7) is 5.37. The average Bonchev–Trinajstić information content (AvgIpc) is 2.45. The average molecular weight is 377 g/mol. The molecule has 0 spiro atoms. The van der Waals surface area contributed by atoms with Gasteiger partial charge in [0.1, 0.15) is 0 Å². The van der Waals surface area contributed by atoms with E-state index in [9.17, 15) is 21.9 Å². The van der Waals surface area contributed by atoms with Gasteiger partial charge in [0.25, 0.3) is 0 Å². The molecule has 1 heterocycles. The number of aliphatic hydroxyl groups excluding tert-OH is 1. The maximum atomic E-state index is 12.9. The van der Waals surface area contributed by atoms with Crippen LogP contribution in [-0.2, 0) is 19.9 Å². The van der Waals surface area contributed by atoms with E-state index in [2.05, 4.69) is 0 Å². The van der Waals surface area contributed by atoms with Crippen molar-refractivity contribution in [2.45, 2.75) is 35.8 Å². The van der Waals surface area contributed by atoms with Crippen LogP contribution in [0.4, 0.5) is 0 Å². The van der Waals surface area contributed by atoms with Crippen molar-refractivity contribution >= 4 is 19.9 Å². The monoisotopic (exact) mass is 376 g/mol. The molecule has 1 aliphatic heterocycles. The van der Waals surface area contributed by atoms with Gasteiger partial charge in [0, 0.05) is 38.5 Å². The van der Waals surface area contributed by atoms with Crippen molar-refractivity contribution in [2.24, 2.45) is 0 Å². The lowest BCUT2D eigenvalue weighted by Gasteiger charge is -2.39. The Balaban J connectivity index is 2.25. The highest BCUT2D eigenvalue weighted by molar-refractivity contribution is 7.91. The number of aliphatic hydroxyl groups is 1. The predicted octanol–water partition coefficient (Wildman–Crippen LogP) is 0.166. The smallest absolute Gasteiger partial charge is 0.243 e. The molecule has 2 atom stereocenters. The highest BCUT2D eigenvalue weighted by atomic mass is 32.2. The third-order valence-corrected chi connectivity index (χ3v) is 7.13. The second kappa shape index (κ2) is 7.09. The number of hydrogen-bond donors (Lipinski definition) is 1. The Morgan fingerprint density at radius 1 is 1.21 bits per heavy atom. The van der Waals surface area contributed by atoms with Gasteiger partial charge in [0.05, 0.1) is 15.9 Å². The lowest BCUT2D eigenvalue weighted by molar-refractivity contribution is 0.0840. The largest absolute Gasteiger partial charge is 0.392 e. The summed E-state index contributed by atoms with van der Waals surface area (Å²) in [5.74, 6) is 0. The van der Waals surface area contributed by atoms with Crippen molar-refractivity contribution in [1.82, 2.24) is 9.21 Å². The number of sulfonamides is 1. The number of nitrogens with zero attached hydrogens (tertiary/aromatic N) is 2. The molecule has 1 N–H and O–H groups in total. The lowest BCUT2D eigenvalue weighted by Crippen LogP contribution is -2.54. The van der Waals surface area contributed by atoms with E-state index in [1.165, 1.54) is 28.6 Å². The molecule has 0 amide bonds. The van der Waals surface area contributed by atoms with Gasteiger partial charge in [-0.3, -0.25) is 4.90 Å². The second-order valence-electron chi connectivity index (χ2n) is 6.32. The van der Waals surface area contributed by atoms with Gasteiger partial charge in [0.15, 0.2) is 9.84 Å². The molecule has 2 rings (SSSR count). The number of sulfone groups is 1. The van der Waals surface area contributed by atoms with Crippen LogP contribution in [0.15, 0.2) is 34.1 Å². The van der Waals surface area contributed by atoms with Gasteiger partial charge in [-0.05, 0) is 32.0 Å². The highest BCUT2D eigenvalue weighted by Gasteiger charge is 2.34. The molecule has 1 aromatic rings. The minimum Gasteiger partial charge on any atom is -0.392 e. The van der Waals surface area contributed by atoms with E-state index in [0.717, 1.165) is 6.26 Å². The normalized spacial score (nSPS) is 22.4. The molecule has 7 nitrogen and oxygen atoms in total. The molecule has 0 saturated carbocycles. The van der Waals surface area contributed by atoms with Gasteiger partial charge < -0.3 is 5.11 Å². The maximum Gasteiger partial charge on any atom is 0.243 e. The number of β-amino-alcohol motifs (C(OH)–C–C–N with tert-alkyl or cyclic N) is 1. The number of benzene rings is 1. The number of hydrogen-bond acceptors (Lipinski definition) is 6. The molecule has 0 aromatic heterocycles. The predicted molar refractivity (Wildman–Crippen MR) is 91.0 cm³/mol. The van der Waals surface area contributed by atoms with Gasteiger partial charge >= 0.3 is 0 Å². The number of piperazine rings is 1. The Bertz CT molecular complexity index is 790. The SMILES string of the molecule is C[C@@H]1CN(C[C@@H](C)O)CCN1S(=O)(=O)c1cccc(S(C)(=O)=O)c1. The summed E-state index contributed by atoms with van der Waals surface area (Å²) >= 11 is 0. The molecule has 1 saturated heterocycles. The number of rotatable bonds is 5. The first-order chi connectivity index (χ1) is 11.0. The maximum absolute atomic E-state index is 12.9. The van der Waals surface area contributed by atoms with Crippen LogP contribution in [0.1, 0.15) is 13.8 Å². The van der Waals surface area contributed by atoms with Crippen LogP contribution < -0.4 is 0 Å². The van der Waals surface area contributed by atoms with E-state index in [1.54, 1.807) is 6.92 Å². The summed E-state index contributed by atoms with van der Waals surface area (Å²) in [4.78, 5) is 2.00. The van der Waals surface area contributed by atoms with Crippen molar-refractivity contribution in [3.8, 4) is 0 Å². The second-order valence-corrected chi connectivity index (χ2v) is 10.2. The van der Waals surface area contributed by atoms with Crippen molar-refractivity contribution < 1.29 is 21.9 Å². The minimum absolute atomic E-state index is 0.0102. The van der Waals surface area contributed by atoms with Crippen molar-refractivity contribution in [1.29, 1.82) is 0 Å². The fourth-order valence-electron chi connectivity index (χ4n) is 2.91. The van der Waals surface area contributed by atoms with E-state index in [-0.39, 0.29) is 15.8 Å². The Morgan fingerprint density at radius 2 is 1.83 bits per heavy atom. The summed E-state index contributed by atoms with van der Waals surface area (Å²) in [5, 5.41) is 9.47. The Labute approximate surface area is 143 Å². The van der Waals surface area contributed by atoms with Gasteiger partial charge in [-0.25, -0.2) is 16.8 Å². The van der Waals surface area contributed by atoms with E-state index in [1.807, 2.05) is 11.8 Å². The molecule has 1 aromatic carbocycles. The molecule has 1 fully saturated rings. The van der Waals surface area contributed by atoms with Crippen LogP contribution in [0.5, 0.6) is 0 Å². The molecule has 0 unspecified atom stereocenters. The molecular formula is C15H24N2O5S2. The molecule has 24 heavy (non-hydrogen) atoms. The molecule has 9 heteroatoms.